The predicted octanol–water partition coefficient (Wildman–Crippen LogP) is 4.11. The number of esters is 2. The molecule has 0 saturated heterocycles. The van der Waals surface area contributed by atoms with Gasteiger partial charge in [-0.15, -0.1) is 0 Å². The summed E-state index contributed by atoms with van der Waals surface area (Å²) in [5.41, 5.74) is -2.29. The summed E-state index contributed by atoms with van der Waals surface area (Å²) >= 11 is 0. The minimum Gasteiger partial charge on any atom is -0.463 e. The summed E-state index contributed by atoms with van der Waals surface area (Å²) in [4.78, 5) is 24.8. The third kappa shape index (κ3) is 9.83. The van der Waals surface area contributed by atoms with E-state index < -0.39 is 28.5 Å². The van der Waals surface area contributed by atoms with Gasteiger partial charge >= 0.3 is 11.9 Å². The van der Waals surface area contributed by atoms with Crippen LogP contribution in [0.3, 0.4) is 0 Å². The van der Waals surface area contributed by atoms with Crippen molar-refractivity contribution in [2.75, 3.05) is 6.61 Å². The van der Waals surface area contributed by atoms with Crippen LogP contribution in [-0.4, -0.2) is 35.4 Å². The van der Waals surface area contributed by atoms with E-state index in [1.807, 2.05) is 41.5 Å². The van der Waals surface area contributed by atoms with Crippen molar-refractivity contribution < 1.29 is 24.2 Å². The maximum atomic E-state index is 12.4. The lowest BCUT2D eigenvalue weighted by molar-refractivity contribution is -0.170. The summed E-state index contributed by atoms with van der Waals surface area (Å²) < 4.78 is 10.8. The van der Waals surface area contributed by atoms with Gasteiger partial charge in [-0.2, -0.15) is 0 Å². The molecule has 0 amide bonds. The number of hydrogen-bond donors (Lipinski definition) is 1. The quantitative estimate of drug-likeness (QED) is 0.693. The molecule has 0 aliphatic rings. The van der Waals surface area contributed by atoms with Gasteiger partial charge in [0.25, 0.3) is 0 Å². The van der Waals surface area contributed by atoms with Crippen molar-refractivity contribution in [2.45, 2.75) is 93.8 Å². The molecule has 148 valence electrons. The molecular formula is C20H38O5. The van der Waals surface area contributed by atoms with E-state index in [9.17, 15) is 14.7 Å². The van der Waals surface area contributed by atoms with E-state index in [0.29, 0.717) is 12.8 Å². The normalized spacial score (nSPS) is 14.8. The van der Waals surface area contributed by atoms with Crippen LogP contribution in [0.25, 0.3) is 0 Å². The molecule has 0 aliphatic carbocycles. The summed E-state index contributed by atoms with van der Waals surface area (Å²) in [5, 5.41) is 10.00. The topological polar surface area (TPSA) is 72.8 Å². The average molecular weight is 359 g/mol. The average Bonchev–Trinajstić information content (AvgIpc) is 2.30. The van der Waals surface area contributed by atoms with Gasteiger partial charge in [-0.05, 0) is 66.7 Å². The highest BCUT2D eigenvalue weighted by atomic mass is 16.6. The molecule has 5 heteroatoms. The van der Waals surface area contributed by atoms with Crippen LogP contribution >= 0.6 is 0 Å². The molecule has 0 radical (unpaired) electrons. The van der Waals surface area contributed by atoms with Crippen molar-refractivity contribution in [3.05, 3.63) is 0 Å². The monoisotopic (exact) mass is 358 g/mol. The Balaban J connectivity index is 4.78. The highest BCUT2D eigenvalue weighted by Crippen LogP contribution is 2.36. The minimum atomic E-state index is -0.859. The molecule has 0 aliphatic heterocycles. The molecule has 0 fully saturated rings. The molecule has 0 saturated carbocycles. The van der Waals surface area contributed by atoms with E-state index in [2.05, 4.69) is 0 Å². The summed E-state index contributed by atoms with van der Waals surface area (Å²) in [6.07, 6.45) is 0.145. The number of ether oxygens (including phenoxy) is 2. The Bertz CT molecular complexity index is 463. The molecule has 1 N–H and O–H groups in total. The van der Waals surface area contributed by atoms with Crippen molar-refractivity contribution in [1.29, 1.82) is 0 Å². The smallest absolute Gasteiger partial charge is 0.312 e. The molecule has 0 aromatic carbocycles. The van der Waals surface area contributed by atoms with E-state index in [-0.39, 0.29) is 18.0 Å². The standard InChI is InChI=1S/C20H38O5/c1-17(2,3)11-14(21)12-24-15(22)19(7,8)13-20(9,10)16(23)25-18(4,5)6/h14,21H,11-13H2,1-10H3. The number of carbonyl (C=O) groups excluding carboxylic acids is 2. The van der Waals surface area contributed by atoms with Crippen LogP contribution in [0.4, 0.5) is 0 Å². The first-order valence-electron chi connectivity index (χ1n) is 8.94. The zero-order valence-corrected chi connectivity index (χ0v) is 17.8. The Kier molecular flexibility index (Phi) is 7.71. The van der Waals surface area contributed by atoms with Crippen LogP contribution in [0.5, 0.6) is 0 Å². The second-order valence-electron chi connectivity index (χ2n) is 10.5. The molecule has 0 bridgehead atoms. The molecular weight excluding hydrogens is 320 g/mol. The van der Waals surface area contributed by atoms with Crippen molar-refractivity contribution >= 4 is 11.9 Å². The molecule has 0 aromatic heterocycles. The Morgan fingerprint density at radius 3 is 1.68 bits per heavy atom. The summed E-state index contributed by atoms with van der Waals surface area (Å²) in [7, 11) is 0. The van der Waals surface area contributed by atoms with Crippen molar-refractivity contribution in [1.82, 2.24) is 0 Å². The Labute approximate surface area is 153 Å². The molecule has 0 aromatic rings. The second kappa shape index (κ2) is 8.07. The lowest BCUT2D eigenvalue weighted by atomic mass is 9.75. The van der Waals surface area contributed by atoms with Crippen LogP contribution in [0.15, 0.2) is 0 Å². The SMILES string of the molecule is CC(C)(C)CC(O)COC(=O)C(C)(C)CC(C)(C)C(=O)OC(C)(C)C. The van der Waals surface area contributed by atoms with Gasteiger partial charge in [0.05, 0.1) is 16.9 Å². The van der Waals surface area contributed by atoms with Gasteiger partial charge in [-0.3, -0.25) is 9.59 Å². The first-order chi connectivity index (χ1) is 10.9. The number of aliphatic hydroxyl groups excluding tert-OH is 1. The van der Waals surface area contributed by atoms with Crippen molar-refractivity contribution in [2.24, 2.45) is 16.2 Å². The Morgan fingerprint density at radius 2 is 1.28 bits per heavy atom. The van der Waals surface area contributed by atoms with Crippen LogP contribution in [0.1, 0.15) is 82.1 Å². The maximum Gasteiger partial charge on any atom is 0.312 e. The first kappa shape index (κ1) is 23.9. The lowest BCUT2D eigenvalue weighted by Gasteiger charge is -2.34. The molecule has 1 unspecified atom stereocenters. The molecule has 0 rings (SSSR count). The van der Waals surface area contributed by atoms with E-state index in [1.165, 1.54) is 0 Å². The summed E-state index contributed by atoms with van der Waals surface area (Å²) in [5.74, 6) is -0.759. The fourth-order valence-electron chi connectivity index (χ4n) is 2.80. The molecule has 1 atom stereocenters. The third-order valence-electron chi connectivity index (χ3n) is 3.64. The lowest BCUT2D eigenvalue weighted by Crippen LogP contribution is -2.40. The van der Waals surface area contributed by atoms with Gasteiger partial charge in [-0.1, -0.05) is 20.8 Å². The fourth-order valence-corrected chi connectivity index (χ4v) is 2.80. The van der Waals surface area contributed by atoms with Gasteiger partial charge in [0.2, 0.25) is 0 Å². The zero-order valence-electron chi connectivity index (χ0n) is 17.8. The number of rotatable bonds is 7. The molecule has 0 spiro atoms. The summed E-state index contributed by atoms with van der Waals surface area (Å²) in [6.45, 7) is 18.5. The third-order valence-corrected chi connectivity index (χ3v) is 3.64. The van der Waals surface area contributed by atoms with Gasteiger partial charge in [0.15, 0.2) is 0 Å². The van der Waals surface area contributed by atoms with Crippen LogP contribution in [0, 0.1) is 16.2 Å². The minimum absolute atomic E-state index is 0.0353. The molecule has 0 heterocycles. The van der Waals surface area contributed by atoms with E-state index in [1.54, 1.807) is 27.7 Å². The van der Waals surface area contributed by atoms with Crippen LogP contribution in [0.2, 0.25) is 0 Å². The van der Waals surface area contributed by atoms with Gasteiger partial charge in [0, 0.05) is 0 Å². The molecule has 5 nitrogen and oxygen atoms in total. The van der Waals surface area contributed by atoms with Gasteiger partial charge < -0.3 is 14.6 Å². The number of aliphatic hydroxyl groups is 1. The predicted molar refractivity (Wildman–Crippen MR) is 99.1 cm³/mol. The van der Waals surface area contributed by atoms with Crippen molar-refractivity contribution in [3.8, 4) is 0 Å². The molecule has 25 heavy (non-hydrogen) atoms. The highest BCUT2D eigenvalue weighted by molar-refractivity contribution is 5.80. The Morgan fingerprint density at radius 1 is 0.840 bits per heavy atom. The van der Waals surface area contributed by atoms with E-state index in [4.69, 9.17) is 9.47 Å². The summed E-state index contributed by atoms with van der Waals surface area (Å²) in [6, 6.07) is 0. The first-order valence-corrected chi connectivity index (χ1v) is 8.94. The van der Waals surface area contributed by atoms with Gasteiger partial charge in [-0.25, -0.2) is 0 Å². The van der Waals surface area contributed by atoms with Crippen molar-refractivity contribution in [3.63, 3.8) is 0 Å². The largest absolute Gasteiger partial charge is 0.463 e. The number of carbonyl (C=O) groups is 2. The maximum absolute atomic E-state index is 12.4. The number of hydrogen-bond acceptors (Lipinski definition) is 5. The fraction of sp³-hybridized carbons (Fsp3) is 0.900. The highest BCUT2D eigenvalue weighted by Gasteiger charge is 2.42. The van der Waals surface area contributed by atoms with Crippen LogP contribution in [-0.2, 0) is 19.1 Å². The van der Waals surface area contributed by atoms with E-state index >= 15 is 0 Å². The van der Waals surface area contributed by atoms with E-state index in [0.717, 1.165) is 0 Å². The zero-order chi connectivity index (χ0) is 20.3. The van der Waals surface area contributed by atoms with Gasteiger partial charge in [0.1, 0.15) is 12.2 Å². The van der Waals surface area contributed by atoms with Crippen LogP contribution < -0.4 is 0 Å². The Hall–Kier alpha value is -1.10. The second-order valence-corrected chi connectivity index (χ2v) is 10.5.